The first-order chi connectivity index (χ1) is 15.0. The van der Waals surface area contributed by atoms with Gasteiger partial charge in [0.15, 0.2) is 11.5 Å². The van der Waals surface area contributed by atoms with Crippen LogP contribution >= 0.6 is 0 Å². The van der Waals surface area contributed by atoms with Crippen molar-refractivity contribution in [2.45, 2.75) is 4.90 Å². The molecule has 0 atom stereocenters. The highest BCUT2D eigenvalue weighted by Gasteiger charge is 2.16. The number of ether oxygens (including phenoxy) is 3. The van der Waals surface area contributed by atoms with E-state index in [1.54, 1.807) is 48.5 Å². The molecule has 0 aromatic heterocycles. The van der Waals surface area contributed by atoms with Gasteiger partial charge in [-0.25, -0.2) is 8.42 Å². The normalized spacial score (nSPS) is 12.3. The number of nitrogens with one attached hydrogen (secondary N) is 2. The van der Waals surface area contributed by atoms with Crippen molar-refractivity contribution in [1.82, 2.24) is 5.32 Å². The van der Waals surface area contributed by atoms with Crippen molar-refractivity contribution in [2.75, 3.05) is 24.7 Å². The number of benzene rings is 3. The third-order valence-electron chi connectivity index (χ3n) is 4.45. The summed E-state index contributed by atoms with van der Waals surface area (Å²) in [6.07, 6.45) is 0. The minimum Gasteiger partial charge on any atom is -0.492 e. The van der Waals surface area contributed by atoms with Crippen LogP contribution in [0.3, 0.4) is 0 Å². The second-order valence-corrected chi connectivity index (χ2v) is 8.30. The lowest BCUT2D eigenvalue weighted by molar-refractivity contribution is 0.0947. The average molecular weight is 440 g/mol. The molecule has 0 saturated carbocycles. The van der Waals surface area contributed by atoms with Crippen LogP contribution in [0.15, 0.2) is 77.7 Å². The van der Waals surface area contributed by atoms with Gasteiger partial charge in [0.2, 0.25) is 6.79 Å². The summed E-state index contributed by atoms with van der Waals surface area (Å²) in [7, 11) is -3.73. The van der Waals surface area contributed by atoms with E-state index < -0.39 is 10.0 Å². The van der Waals surface area contributed by atoms with Gasteiger partial charge in [-0.2, -0.15) is 0 Å². The van der Waals surface area contributed by atoms with E-state index in [1.807, 2.05) is 0 Å². The molecule has 9 heteroatoms. The van der Waals surface area contributed by atoms with Crippen LogP contribution in [0.1, 0.15) is 10.4 Å². The maximum absolute atomic E-state index is 12.5. The smallest absolute Gasteiger partial charge is 0.261 e. The number of sulfonamides is 1. The Balaban J connectivity index is 1.28. The fraction of sp³-hybridized carbons (Fsp3) is 0.136. The molecule has 31 heavy (non-hydrogen) atoms. The van der Waals surface area contributed by atoms with Crippen molar-refractivity contribution in [3.8, 4) is 17.2 Å². The maximum Gasteiger partial charge on any atom is 0.261 e. The molecule has 0 unspecified atom stereocenters. The molecular weight excluding hydrogens is 420 g/mol. The number of hydrogen-bond acceptors (Lipinski definition) is 6. The first-order valence-corrected chi connectivity index (χ1v) is 11.0. The Hall–Kier alpha value is -3.72. The van der Waals surface area contributed by atoms with E-state index in [4.69, 9.17) is 14.2 Å². The Morgan fingerprint density at radius 1 is 0.935 bits per heavy atom. The summed E-state index contributed by atoms with van der Waals surface area (Å²) in [6, 6.07) is 19.6. The molecule has 8 nitrogen and oxygen atoms in total. The Bertz CT molecular complexity index is 1160. The van der Waals surface area contributed by atoms with Crippen molar-refractivity contribution in [3.63, 3.8) is 0 Å². The zero-order valence-corrected chi connectivity index (χ0v) is 17.2. The van der Waals surface area contributed by atoms with Gasteiger partial charge in [0.1, 0.15) is 12.4 Å². The highest BCUT2D eigenvalue weighted by Crippen LogP contribution is 2.35. The molecule has 3 aromatic carbocycles. The van der Waals surface area contributed by atoms with E-state index >= 15 is 0 Å². The predicted octanol–water partition coefficient (Wildman–Crippen LogP) is 3.02. The number of anilines is 1. The van der Waals surface area contributed by atoms with Gasteiger partial charge in [0, 0.05) is 17.3 Å². The molecule has 0 saturated heterocycles. The largest absolute Gasteiger partial charge is 0.492 e. The van der Waals surface area contributed by atoms with E-state index in [0.29, 0.717) is 28.5 Å². The molecule has 1 aliphatic heterocycles. The first-order valence-electron chi connectivity index (χ1n) is 9.50. The molecule has 4 rings (SSSR count). The number of fused-ring (bicyclic) bond motifs is 1. The SMILES string of the molecule is O=C(NCCOc1ccc2c(c1)OCO2)c1ccc(S(=O)(=O)Nc2ccccc2)cc1. The van der Waals surface area contributed by atoms with Gasteiger partial charge in [-0.1, -0.05) is 18.2 Å². The number of rotatable bonds is 8. The molecule has 0 spiro atoms. The lowest BCUT2D eigenvalue weighted by Crippen LogP contribution is -2.28. The monoisotopic (exact) mass is 440 g/mol. The molecule has 0 fully saturated rings. The first kappa shape index (κ1) is 20.5. The number of carbonyl (C=O) groups excluding carboxylic acids is 1. The quantitative estimate of drug-likeness (QED) is 0.522. The molecule has 0 aliphatic carbocycles. The fourth-order valence-electron chi connectivity index (χ4n) is 2.91. The van der Waals surface area contributed by atoms with E-state index in [9.17, 15) is 13.2 Å². The van der Waals surface area contributed by atoms with Gasteiger partial charge in [0.25, 0.3) is 15.9 Å². The Labute approximate surface area is 179 Å². The summed E-state index contributed by atoms with van der Waals surface area (Å²) < 4.78 is 43.5. The lowest BCUT2D eigenvalue weighted by Gasteiger charge is -2.10. The minimum atomic E-state index is -3.73. The number of hydrogen-bond donors (Lipinski definition) is 2. The molecule has 3 aromatic rings. The molecule has 0 radical (unpaired) electrons. The lowest BCUT2D eigenvalue weighted by atomic mass is 10.2. The van der Waals surface area contributed by atoms with Crippen molar-refractivity contribution in [1.29, 1.82) is 0 Å². The van der Waals surface area contributed by atoms with Gasteiger partial charge in [-0.3, -0.25) is 9.52 Å². The van der Waals surface area contributed by atoms with Crippen LogP contribution in [0.4, 0.5) is 5.69 Å². The third kappa shape index (κ3) is 5.07. The van der Waals surface area contributed by atoms with Crippen LogP contribution in [0, 0.1) is 0 Å². The van der Waals surface area contributed by atoms with Crippen LogP contribution in [0.5, 0.6) is 17.2 Å². The van der Waals surface area contributed by atoms with Gasteiger partial charge >= 0.3 is 0 Å². The summed E-state index contributed by atoms with van der Waals surface area (Å²) in [5, 5.41) is 2.73. The zero-order valence-electron chi connectivity index (χ0n) is 16.4. The number of carbonyl (C=O) groups is 1. The van der Waals surface area contributed by atoms with Crippen molar-refractivity contribution < 1.29 is 27.4 Å². The summed E-state index contributed by atoms with van der Waals surface area (Å²) in [5.74, 6) is 1.58. The van der Waals surface area contributed by atoms with E-state index in [1.165, 1.54) is 24.3 Å². The summed E-state index contributed by atoms with van der Waals surface area (Å²) in [4.78, 5) is 12.4. The fourth-order valence-corrected chi connectivity index (χ4v) is 3.97. The highest BCUT2D eigenvalue weighted by molar-refractivity contribution is 7.92. The van der Waals surface area contributed by atoms with E-state index in [-0.39, 0.29) is 30.7 Å². The van der Waals surface area contributed by atoms with Gasteiger partial charge in [-0.15, -0.1) is 0 Å². The molecule has 1 aliphatic rings. The topological polar surface area (TPSA) is 103 Å². The Kier molecular flexibility index (Phi) is 5.94. The molecule has 160 valence electrons. The van der Waals surface area contributed by atoms with Crippen LogP contribution in [-0.2, 0) is 10.0 Å². The van der Waals surface area contributed by atoms with Crippen LogP contribution in [-0.4, -0.2) is 34.3 Å². The number of amides is 1. The van der Waals surface area contributed by atoms with Crippen molar-refractivity contribution in [2.24, 2.45) is 0 Å². The standard InChI is InChI=1S/C22H20N2O6S/c25-22(23-12-13-28-18-8-11-20-21(14-18)30-15-29-20)16-6-9-19(10-7-16)31(26,27)24-17-4-2-1-3-5-17/h1-11,14,24H,12-13,15H2,(H,23,25). The van der Waals surface area contributed by atoms with Gasteiger partial charge in [0.05, 0.1) is 11.4 Å². The molecule has 1 amide bonds. The number of para-hydroxylation sites is 1. The van der Waals surface area contributed by atoms with Crippen LogP contribution < -0.4 is 24.2 Å². The van der Waals surface area contributed by atoms with Gasteiger partial charge < -0.3 is 19.5 Å². The summed E-state index contributed by atoms with van der Waals surface area (Å²) in [6.45, 7) is 0.735. The van der Waals surface area contributed by atoms with Crippen molar-refractivity contribution in [3.05, 3.63) is 78.4 Å². The molecule has 1 heterocycles. The zero-order chi connectivity index (χ0) is 21.7. The second kappa shape index (κ2) is 8.97. The van der Waals surface area contributed by atoms with E-state index in [2.05, 4.69) is 10.0 Å². The summed E-state index contributed by atoms with van der Waals surface area (Å²) in [5.41, 5.74) is 0.813. The Morgan fingerprint density at radius 2 is 1.68 bits per heavy atom. The Morgan fingerprint density at radius 3 is 2.45 bits per heavy atom. The van der Waals surface area contributed by atoms with Gasteiger partial charge in [-0.05, 0) is 48.5 Å². The molecular formula is C22H20N2O6S. The van der Waals surface area contributed by atoms with Crippen LogP contribution in [0.25, 0.3) is 0 Å². The minimum absolute atomic E-state index is 0.0686. The highest BCUT2D eigenvalue weighted by atomic mass is 32.2. The molecule has 0 bridgehead atoms. The second-order valence-electron chi connectivity index (χ2n) is 6.62. The predicted molar refractivity (Wildman–Crippen MR) is 114 cm³/mol. The third-order valence-corrected chi connectivity index (χ3v) is 5.85. The summed E-state index contributed by atoms with van der Waals surface area (Å²) >= 11 is 0. The van der Waals surface area contributed by atoms with Crippen molar-refractivity contribution >= 4 is 21.6 Å². The van der Waals surface area contributed by atoms with E-state index in [0.717, 1.165) is 0 Å². The average Bonchev–Trinajstić information content (AvgIpc) is 3.25. The maximum atomic E-state index is 12.5. The van der Waals surface area contributed by atoms with Crippen LogP contribution in [0.2, 0.25) is 0 Å². The molecule has 2 N–H and O–H groups in total.